The topological polar surface area (TPSA) is 38.8 Å². The van der Waals surface area contributed by atoms with Crippen LogP contribution in [0.3, 0.4) is 0 Å². The summed E-state index contributed by atoms with van der Waals surface area (Å²) >= 11 is 0. The van der Waals surface area contributed by atoms with Crippen molar-refractivity contribution < 1.29 is 14.3 Å². The summed E-state index contributed by atoms with van der Waals surface area (Å²) in [6.45, 7) is 7.30. The number of unbranched alkanes of at least 4 members (excludes halogenated alkanes) is 10. The molecule has 0 unspecified atom stereocenters. The van der Waals surface area contributed by atoms with Gasteiger partial charge in [0.05, 0.1) is 18.8 Å². The molecule has 3 atom stereocenters. The smallest absolute Gasteiger partial charge is 0.305 e. The molecule has 0 radical (unpaired) electrons. The molecule has 0 aromatic rings. The summed E-state index contributed by atoms with van der Waals surface area (Å²) < 4.78 is 11.3. The van der Waals surface area contributed by atoms with Gasteiger partial charge >= 0.3 is 5.97 Å². The van der Waals surface area contributed by atoms with Crippen molar-refractivity contribution in [2.24, 2.45) is 5.92 Å². The van der Waals surface area contributed by atoms with Crippen LogP contribution < -0.4 is 0 Å². The molecule has 1 saturated heterocycles. The second-order valence-corrected chi connectivity index (χ2v) is 9.18. The Balaban J connectivity index is 1.84. The largest absolute Gasteiger partial charge is 0.465 e. The lowest BCUT2D eigenvalue weighted by molar-refractivity contribution is -0.145. The first kappa shape index (κ1) is 26.5. The van der Waals surface area contributed by atoms with Gasteiger partial charge in [0.25, 0.3) is 0 Å². The Hall–Kier alpha value is -0.570. The number of esters is 1. The van der Waals surface area contributed by atoms with Gasteiger partial charge in [0.1, 0.15) is 0 Å². The van der Waals surface area contributed by atoms with E-state index in [4.69, 9.17) is 9.47 Å². The van der Waals surface area contributed by atoms with Gasteiger partial charge in [-0.15, -0.1) is 0 Å². The first-order valence-electron chi connectivity index (χ1n) is 13.0. The molecule has 1 rings (SSSR count). The molecule has 0 aromatic carbocycles. The predicted molar refractivity (Wildman–Crippen MR) is 123 cm³/mol. The van der Waals surface area contributed by atoms with Gasteiger partial charge in [-0.05, 0) is 31.6 Å². The molecule has 1 aliphatic heterocycles. The molecule has 1 aliphatic rings. The molecule has 0 bridgehead atoms. The molecular formula is C26H50O3. The second kappa shape index (κ2) is 18.2. The van der Waals surface area contributed by atoms with Crippen molar-refractivity contribution in [3.63, 3.8) is 0 Å². The van der Waals surface area contributed by atoms with Crippen LogP contribution in [0, 0.1) is 5.92 Å². The van der Waals surface area contributed by atoms with Crippen molar-refractivity contribution in [1.29, 1.82) is 0 Å². The number of epoxide rings is 1. The highest BCUT2D eigenvalue weighted by atomic mass is 16.6. The van der Waals surface area contributed by atoms with Gasteiger partial charge in [-0.2, -0.15) is 0 Å². The van der Waals surface area contributed by atoms with Crippen LogP contribution in [0.1, 0.15) is 136 Å². The van der Waals surface area contributed by atoms with Crippen LogP contribution in [0.15, 0.2) is 0 Å². The third-order valence-electron chi connectivity index (χ3n) is 6.42. The standard InChI is InChI=1S/C26H50O3/c1-4-7-9-10-12-15-19-24-25(29-24)20-16-13-11-14-17-21-26(27)28-22-23(6-3)18-8-5-2/h23-25H,4-22H2,1-3H3/t23-,24+,25-/m1/s1. The predicted octanol–water partition coefficient (Wildman–Crippen LogP) is 7.99. The highest BCUT2D eigenvalue weighted by Gasteiger charge is 2.36. The van der Waals surface area contributed by atoms with E-state index in [1.807, 2.05) is 0 Å². The van der Waals surface area contributed by atoms with Crippen LogP contribution in [-0.2, 0) is 14.3 Å². The van der Waals surface area contributed by atoms with E-state index < -0.39 is 0 Å². The molecule has 172 valence electrons. The van der Waals surface area contributed by atoms with Crippen LogP contribution >= 0.6 is 0 Å². The molecular weight excluding hydrogens is 360 g/mol. The maximum Gasteiger partial charge on any atom is 0.305 e. The Morgan fingerprint density at radius 1 is 0.759 bits per heavy atom. The van der Waals surface area contributed by atoms with E-state index in [0.717, 1.165) is 19.3 Å². The summed E-state index contributed by atoms with van der Waals surface area (Å²) in [5, 5.41) is 0. The van der Waals surface area contributed by atoms with Crippen LogP contribution in [-0.4, -0.2) is 24.8 Å². The molecule has 0 saturated carbocycles. The Kier molecular flexibility index (Phi) is 16.6. The molecule has 3 heteroatoms. The minimum absolute atomic E-state index is 0.00358. The first-order chi connectivity index (χ1) is 14.2. The molecule has 0 spiro atoms. The lowest BCUT2D eigenvalue weighted by Crippen LogP contribution is -2.13. The summed E-state index contributed by atoms with van der Waals surface area (Å²) in [7, 11) is 0. The Labute approximate surface area is 181 Å². The van der Waals surface area contributed by atoms with E-state index in [-0.39, 0.29) is 5.97 Å². The van der Waals surface area contributed by atoms with Crippen LogP contribution in [0.4, 0.5) is 0 Å². The Bertz CT molecular complexity index is 382. The van der Waals surface area contributed by atoms with Crippen molar-refractivity contribution in [3.8, 4) is 0 Å². The van der Waals surface area contributed by atoms with Gasteiger partial charge in [0, 0.05) is 6.42 Å². The summed E-state index contributed by atoms with van der Waals surface area (Å²) in [6.07, 6.45) is 23.1. The molecule has 3 nitrogen and oxygen atoms in total. The Morgan fingerprint density at radius 3 is 1.90 bits per heavy atom. The van der Waals surface area contributed by atoms with E-state index >= 15 is 0 Å². The zero-order chi connectivity index (χ0) is 21.2. The number of rotatable bonds is 21. The molecule has 0 N–H and O–H groups in total. The summed E-state index contributed by atoms with van der Waals surface area (Å²) in [6, 6.07) is 0. The van der Waals surface area contributed by atoms with Crippen LogP contribution in [0.25, 0.3) is 0 Å². The fourth-order valence-electron chi connectivity index (χ4n) is 4.14. The highest BCUT2D eigenvalue weighted by molar-refractivity contribution is 5.69. The van der Waals surface area contributed by atoms with Crippen molar-refractivity contribution in [2.75, 3.05) is 6.61 Å². The van der Waals surface area contributed by atoms with E-state index in [9.17, 15) is 4.79 Å². The van der Waals surface area contributed by atoms with Gasteiger partial charge in [0.15, 0.2) is 0 Å². The summed E-state index contributed by atoms with van der Waals surface area (Å²) in [5.74, 6) is 0.553. The quantitative estimate of drug-likeness (QED) is 0.109. The van der Waals surface area contributed by atoms with E-state index in [0.29, 0.717) is 31.2 Å². The highest BCUT2D eigenvalue weighted by Crippen LogP contribution is 2.31. The lowest BCUT2D eigenvalue weighted by atomic mass is 10.0. The van der Waals surface area contributed by atoms with Gasteiger partial charge in [0.2, 0.25) is 0 Å². The monoisotopic (exact) mass is 410 g/mol. The Morgan fingerprint density at radius 2 is 1.31 bits per heavy atom. The van der Waals surface area contributed by atoms with Crippen LogP contribution in [0.2, 0.25) is 0 Å². The van der Waals surface area contributed by atoms with Gasteiger partial charge in [-0.3, -0.25) is 4.79 Å². The number of hydrogen-bond acceptors (Lipinski definition) is 3. The van der Waals surface area contributed by atoms with Gasteiger partial charge in [-0.25, -0.2) is 0 Å². The summed E-state index contributed by atoms with van der Waals surface area (Å²) in [4.78, 5) is 11.9. The normalized spacial score (nSPS) is 19.3. The van der Waals surface area contributed by atoms with Crippen molar-refractivity contribution >= 4 is 5.97 Å². The number of ether oxygens (including phenoxy) is 2. The fourth-order valence-corrected chi connectivity index (χ4v) is 4.14. The van der Waals surface area contributed by atoms with E-state index in [2.05, 4.69) is 20.8 Å². The molecule has 1 heterocycles. The maximum atomic E-state index is 11.9. The fraction of sp³-hybridized carbons (Fsp3) is 0.962. The number of carbonyl (C=O) groups excluding carboxylic acids is 1. The molecule has 0 aromatic heterocycles. The lowest BCUT2D eigenvalue weighted by Gasteiger charge is -2.14. The average molecular weight is 411 g/mol. The van der Waals surface area contributed by atoms with Crippen molar-refractivity contribution in [1.82, 2.24) is 0 Å². The number of carbonyl (C=O) groups is 1. The third-order valence-corrected chi connectivity index (χ3v) is 6.42. The minimum Gasteiger partial charge on any atom is -0.465 e. The van der Waals surface area contributed by atoms with Gasteiger partial charge in [-0.1, -0.05) is 104 Å². The SMILES string of the molecule is CCCCCCCC[C@@H]1O[C@@H]1CCCCCCCC(=O)OC[C@H](CC)CCCC. The molecule has 1 fully saturated rings. The van der Waals surface area contributed by atoms with Crippen LogP contribution in [0.5, 0.6) is 0 Å². The second-order valence-electron chi connectivity index (χ2n) is 9.18. The molecule has 29 heavy (non-hydrogen) atoms. The molecule has 0 aliphatic carbocycles. The zero-order valence-corrected chi connectivity index (χ0v) is 19.9. The van der Waals surface area contributed by atoms with Gasteiger partial charge < -0.3 is 9.47 Å². The third kappa shape index (κ3) is 15.0. The minimum atomic E-state index is 0.00358. The zero-order valence-electron chi connectivity index (χ0n) is 19.9. The van der Waals surface area contributed by atoms with E-state index in [1.54, 1.807) is 0 Å². The van der Waals surface area contributed by atoms with E-state index in [1.165, 1.54) is 89.9 Å². The number of hydrogen-bond donors (Lipinski definition) is 0. The maximum absolute atomic E-state index is 11.9. The summed E-state index contributed by atoms with van der Waals surface area (Å²) in [5.41, 5.74) is 0. The van der Waals surface area contributed by atoms with Crippen molar-refractivity contribution in [2.45, 2.75) is 149 Å². The van der Waals surface area contributed by atoms with Crippen molar-refractivity contribution in [3.05, 3.63) is 0 Å². The first-order valence-corrected chi connectivity index (χ1v) is 13.0. The average Bonchev–Trinajstić information content (AvgIpc) is 3.48. The molecule has 0 amide bonds.